The van der Waals surface area contributed by atoms with E-state index >= 15 is 0 Å². The van der Waals surface area contributed by atoms with Crippen LogP contribution >= 0.6 is 0 Å². The van der Waals surface area contributed by atoms with Crippen molar-refractivity contribution in [2.75, 3.05) is 0 Å². The molecule has 0 bridgehead atoms. The first-order chi connectivity index (χ1) is 20.4. The minimum Gasteiger partial charge on any atom is -0.507 e. The molecule has 0 amide bonds. The Morgan fingerprint density at radius 3 is 2.28 bits per heavy atom. The van der Waals surface area contributed by atoms with Crippen LogP contribution in [0.1, 0.15) is 61.8 Å². The van der Waals surface area contributed by atoms with E-state index in [4.69, 9.17) is 9.97 Å². The smallest absolute Gasteiger partial charge is 0.125 e. The summed E-state index contributed by atoms with van der Waals surface area (Å²) in [7, 11) is 0. The molecule has 6 aromatic rings. The number of hydrogen-bond donors (Lipinski definition) is 1. The Morgan fingerprint density at radius 1 is 0.791 bits per heavy atom. The quantitative estimate of drug-likeness (QED) is 0.180. The fourth-order valence-electron chi connectivity index (χ4n) is 6.29. The monoisotopic (exact) mass is 744 g/mol. The first-order valence-corrected chi connectivity index (χ1v) is 14.7. The average Bonchev–Trinajstić information content (AvgIpc) is 3.45. The van der Waals surface area contributed by atoms with Gasteiger partial charge in [-0.05, 0) is 71.5 Å². The number of fused-ring (bicyclic) bond motifs is 4. The van der Waals surface area contributed by atoms with Crippen LogP contribution in [0.25, 0.3) is 50.5 Å². The summed E-state index contributed by atoms with van der Waals surface area (Å²) in [6.45, 7) is 8.97. The van der Waals surface area contributed by atoms with Gasteiger partial charge in [-0.3, -0.25) is 4.98 Å². The van der Waals surface area contributed by atoms with Gasteiger partial charge in [0, 0.05) is 32.8 Å². The number of hydrogen-bond acceptors (Lipinski definition) is 4. The molecule has 1 N–H and O–H groups in total. The number of nitrogens with zero attached hydrogens (tertiary/aromatic N) is 4. The molecule has 218 valence electrons. The fourth-order valence-corrected chi connectivity index (χ4v) is 6.29. The standard InChI is InChI=1S/C37H33N4O.Pt/c1-22(2)27-10-7-11-28(23(3)4)36(27)41-21-32(40-37(41)30-12-5-9-26-20-38-19-18-29(26)30)31-17-16-25-15-14-24-8-6-13-33(42)34(24)35(25)39-31;/h5-13,16-17,19-23,42H,14-15H2,1-4H3;/q-1;. The third-order valence-corrected chi connectivity index (χ3v) is 8.39. The molecule has 1 aliphatic rings. The maximum absolute atomic E-state index is 10.8. The van der Waals surface area contributed by atoms with Crippen molar-refractivity contribution in [1.29, 1.82) is 0 Å². The Labute approximate surface area is 267 Å². The number of aromatic hydroxyl groups is 1. The van der Waals surface area contributed by atoms with E-state index in [0.717, 1.165) is 68.8 Å². The molecule has 0 aliphatic heterocycles. The summed E-state index contributed by atoms with van der Waals surface area (Å²) in [5, 5.41) is 12.8. The molecule has 0 spiro atoms. The van der Waals surface area contributed by atoms with Gasteiger partial charge in [-0.25, -0.2) is 9.97 Å². The van der Waals surface area contributed by atoms with Gasteiger partial charge in [0.15, 0.2) is 0 Å². The molecule has 43 heavy (non-hydrogen) atoms. The summed E-state index contributed by atoms with van der Waals surface area (Å²) in [5.41, 5.74) is 10.2. The van der Waals surface area contributed by atoms with Crippen LogP contribution in [0.5, 0.6) is 5.75 Å². The molecule has 3 heterocycles. The topological polar surface area (TPSA) is 63.8 Å². The maximum atomic E-state index is 10.8. The van der Waals surface area contributed by atoms with Crippen LogP contribution in [0, 0.1) is 6.07 Å². The second kappa shape index (κ2) is 11.5. The Hall–Kier alpha value is -4.08. The van der Waals surface area contributed by atoms with Gasteiger partial charge in [-0.1, -0.05) is 75.7 Å². The van der Waals surface area contributed by atoms with E-state index in [1.54, 1.807) is 12.3 Å². The SMILES string of the molecule is CC(C)c1cccc(C(C)C)c1-n1cc(-c2ccc3c(n2)-c2c(O)cccc2CC3)nc1-c1cccc2cnc[c-]c12.[Pt]. The molecule has 0 saturated heterocycles. The van der Waals surface area contributed by atoms with Gasteiger partial charge in [0.25, 0.3) is 0 Å². The van der Waals surface area contributed by atoms with E-state index in [9.17, 15) is 5.11 Å². The normalized spacial score (nSPS) is 12.3. The molecular weight excluding hydrogens is 712 g/mol. The Morgan fingerprint density at radius 2 is 1.51 bits per heavy atom. The van der Waals surface area contributed by atoms with Gasteiger partial charge >= 0.3 is 0 Å². The van der Waals surface area contributed by atoms with Crippen LogP contribution in [0.3, 0.4) is 0 Å². The number of pyridine rings is 2. The minimum absolute atomic E-state index is 0. The Balaban J connectivity index is 0.00000329. The number of aromatic nitrogens is 4. The largest absolute Gasteiger partial charge is 0.507 e. The predicted molar refractivity (Wildman–Crippen MR) is 169 cm³/mol. The van der Waals surface area contributed by atoms with Gasteiger partial charge in [-0.15, -0.1) is 17.5 Å². The van der Waals surface area contributed by atoms with Crippen LogP contribution in [0.15, 0.2) is 85.3 Å². The van der Waals surface area contributed by atoms with Crippen molar-refractivity contribution in [3.63, 3.8) is 0 Å². The van der Waals surface area contributed by atoms with Crippen LogP contribution in [0.4, 0.5) is 0 Å². The number of benzene rings is 3. The molecular formula is C37H33N4OPt-. The molecule has 3 aromatic carbocycles. The van der Waals surface area contributed by atoms with Crippen molar-refractivity contribution in [3.05, 3.63) is 114 Å². The number of aryl methyl sites for hydroxylation is 2. The summed E-state index contributed by atoms with van der Waals surface area (Å²) in [5.74, 6) is 1.76. The molecule has 3 aromatic heterocycles. The number of phenolic OH excluding ortho intramolecular Hbond substituents is 1. The first-order valence-electron chi connectivity index (χ1n) is 14.7. The minimum atomic E-state index is 0. The second-order valence-electron chi connectivity index (χ2n) is 11.8. The van der Waals surface area contributed by atoms with E-state index in [1.165, 1.54) is 16.8 Å². The summed E-state index contributed by atoms with van der Waals surface area (Å²) < 4.78 is 2.26. The van der Waals surface area contributed by atoms with Crippen LogP contribution in [-0.4, -0.2) is 24.6 Å². The van der Waals surface area contributed by atoms with Crippen molar-refractivity contribution in [1.82, 2.24) is 19.5 Å². The van der Waals surface area contributed by atoms with E-state index in [0.29, 0.717) is 11.8 Å². The average molecular weight is 745 g/mol. The van der Waals surface area contributed by atoms with Crippen LogP contribution < -0.4 is 0 Å². The third kappa shape index (κ3) is 5.00. The van der Waals surface area contributed by atoms with E-state index in [2.05, 4.69) is 104 Å². The Kier molecular flexibility index (Phi) is 7.79. The van der Waals surface area contributed by atoms with Gasteiger partial charge in [-0.2, -0.15) is 11.5 Å². The molecule has 7 rings (SSSR count). The summed E-state index contributed by atoms with van der Waals surface area (Å²) >= 11 is 0. The molecule has 5 nitrogen and oxygen atoms in total. The van der Waals surface area contributed by atoms with Crippen molar-refractivity contribution < 1.29 is 26.2 Å². The fraction of sp³-hybridized carbons (Fsp3) is 0.216. The van der Waals surface area contributed by atoms with E-state index in [-0.39, 0.29) is 26.8 Å². The molecule has 0 atom stereocenters. The number of phenols is 1. The molecule has 0 saturated carbocycles. The van der Waals surface area contributed by atoms with Gasteiger partial charge in [0.2, 0.25) is 0 Å². The summed E-state index contributed by atoms with van der Waals surface area (Å²) in [4.78, 5) is 14.8. The van der Waals surface area contributed by atoms with Crippen LogP contribution in [0.2, 0.25) is 0 Å². The number of rotatable bonds is 5. The molecule has 6 heteroatoms. The van der Waals surface area contributed by atoms with Crippen molar-refractivity contribution in [2.45, 2.75) is 52.4 Å². The Bertz CT molecular complexity index is 1940. The maximum Gasteiger partial charge on any atom is 0.125 e. The zero-order valence-electron chi connectivity index (χ0n) is 24.7. The second-order valence-corrected chi connectivity index (χ2v) is 11.8. The number of imidazole rings is 1. The zero-order valence-corrected chi connectivity index (χ0v) is 27.0. The van der Waals surface area contributed by atoms with E-state index < -0.39 is 0 Å². The third-order valence-electron chi connectivity index (χ3n) is 8.39. The van der Waals surface area contributed by atoms with Crippen molar-refractivity contribution in [2.24, 2.45) is 0 Å². The molecule has 1 aliphatic carbocycles. The number of para-hydroxylation sites is 1. The van der Waals surface area contributed by atoms with Gasteiger partial charge < -0.3 is 9.67 Å². The van der Waals surface area contributed by atoms with Crippen LogP contribution in [-0.2, 0) is 33.9 Å². The first kappa shape index (κ1) is 29.0. The summed E-state index contributed by atoms with van der Waals surface area (Å²) in [6.07, 6.45) is 7.52. The van der Waals surface area contributed by atoms with Gasteiger partial charge in [0.05, 0.1) is 22.9 Å². The molecule has 0 unspecified atom stereocenters. The van der Waals surface area contributed by atoms with Crippen molar-refractivity contribution in [3.8, 4) is 45.5 Å². The summed E-state index contributed by atoms with van der Waals surface area (Å²) in [6, 6.07) is 26.2. The van der Waals surface area contributed by atoms with Gasteiger partial charge in [0.1, 0.15) is 11.4 Å². The van der Waals surface area contributed by atoms with Crippen molar-refractivity contribution >= 4 is 10.8 Å². The molecule has 0 radical (unpaired) electrons. The predicted octanol–water partition coefficient (Wildman–Crippen LogP) is 8.67. The zero-order chi connectivity index (χ0) is 29.0. The molecule has 0 fully saturated rings. The van der Waals surface area contributed by atoms with E-state index in [1.807, 2.05) is 12.3 Å².